The van der Waals surface area contributed by atoms with Crippen molar-refractivity contribution in [1.82, 2.24) is 25.0 Å². The minimum atomic E-state index is -0.258. The predicted molar refractivity (Wildman–Crippen MR) is 46.9 cm³/mol. The molecule has 0 aliphatic carbocycles. The summed E-state index contributed by atoms with van der Waals surface area (Å²) in [7, 11) is 0. The van der Waals surface area contributed by atoms with Gasteiger partial charge >= 0.3 is 0 Å². The average molecular weight is 195 g/mol. The van der Waals surface area contributed by atoms with Crippen LogP contribution in [0.4, 0.5) is 0 Å². The highest BCUT2D eigenvalue weighted by atomic mass is 16.3. The summed E-state index contributed by atoms with van der Waals surface area (Å²) in [6.45, 7) is 1.63. The molecule has 74 valence electrons. The second-order valence-electron chi connectivity index (χ2n) is 2.89. The largest absolute Gasteiger partial charge is 0.396 e. The lowest BCUT2D eigenvalue weighted by Gasteiger charge is -2.00. The molecule has 7 nitrogen and oxygen atoms in total. The van der Waals surface area contributed by atoms with Crippen LogP contribution in [0.2, 0.25) is 0 Å². The van der Waals surface area contributed by atoms with Crippen molar-refractivity contribution in [3.8, 4) is 0 Å². The van der Waals surface area contributed by atoms with Gasteiger partial charge in [-0.3, -0.25) is 4.79 Å². The molecule has 2 aromatic rings. The van der Waals surface area contributed by atoms with Crippen molar-refractivity contribution in [3.05, 3.63) is 21.6 Å². The lowest BCUT2D eigenvalue weighted by molar-refractivity contribution is 0.298. The fourth-order valence-corrected chi connectivity index (χ4v) is 1.32. The van der Waals surface area contributed by atoms with E-state index in [0.29, 0.717) is 17.7 Å². The highest BCUT2D eigenvalue weighted by molar-refractivity contribution is 5.29. The minimum Gasteiger partial charge on any atom is -0.396 e. The molecular weight excluding hydrogens is 186 g/mol. The monoisotopic (exact) mass is 195 g/mol. The third-order valence-electron chi connectivity index (χ3n) is 2.01. The van der Waals surface area contributed by atoms with Crippen LogP contribution < -0.4 is 5.56 Å². The number of aromatic nitrogens is 5. The maximum Gasteiger partial charge on any atom is 0.278 e. The molecular formula is C7H9N5O2. The summed E-state index contributed by atoms with van der Waals surface area (Å²) < 4.78 is 1.15. The highest BCUT2D eigenvalue weighted by Crippen LogP contribution is 2.00. The fourth-order valence-electron chi connectivity index (χ4n) is 1.32. The van der Waals surface area contributed by atoms with E-state index in [-0.39, 0.29) is 17.9 Å². The Morgan fingerprint density at radius 3 is 3.07 bits per heavy atom. The van der Waals surface area contributed by atoms with Crippen LogP contribution in [0.1, 0.15) is 11.3 Å². The van der Waals surface area contributed by atoms with E-state index < -0.39 is 0 Å². The average Bonchev–Trinajstić information content (AvgIpc) is 2.60. The molecule has 0 amide bonds. The number of tetrazole rings is 1. The van der Waals surface area contributed by atoms with Gasteiger partial charge in [0, 0.05) is 18.6 Å². The van der Waals surface area contributed by atoms with Crippen molar-refractivity contribution in [2.24, 2.45) is 0 Å². The van der Waals surface area contributed by atoms with Crippen LogP contribution >= 0.6 is 0 Å². The van der Waals surface area contributed by atoms with Crippen LogP contribution in [-0.4, -0.2) is 36.7 Å². The van der Waals surface area contributed by atoms with E-state index in [9.17, 15) is 4.79 Å². The third kappa shape index (κ3) is 1.18. The van der Waals surface area contributed by atoms with Crippen molar-refractivity contribution in [3.63, 3.8) is 0 Å². The van der Waals surface area contributed by atoms with Crippen molar-refractivity contribution in [2.45, 2.75) is 13.3 Å². The molecule has 0 unspecified atom stereocenters. The van der Waals surface area contributed by atoms with Gasteiger partial charge in [-0.2, -0.15) is 9.73 Å². The van der Waals surface area contributed by atoms with Crippen molar-refractivity contribution < 1.29 is 5.11 Å². The number of aliphatic hydroxyl groups is 1. The van der Waals surface area contributed by atoms with E-state index in [1.807, 2.05) is 0 Å². The SMILES string of the molecule is Cc1nc2nn[nH]n2c(=O)c1CCO. The van der Waals surface area contributed by atoms with Gasteiger partial charge in [0.15, 0.2) is 0 Å². The summed E-state index contributed by atoms with van der Waals surface area (Å²) in [4.78, 5) is 15.8. The Labute approximate surface area is 78.4 Å². The summed E-state index contributed by atoms with van der Waals surface area (Å²) in [6.07, 6.45) is 0.291. The summed E-state index contributed by atoms with van der Waals surface area (Å²) >= 11 is 0. The molecule has 2 heterocycles. The Morgan fingerprint density at radius 1 is 1.57 bits per heavy atom. The molecule has 0 bridgehead atoms. The van der Waals surface area contributed by atoms with E-state index in [1.54, 1.807) is 6.92 Å². The highest BCUT2D eigenvalue weighted by Gasteiger charge is 2.10. The number of aliphatic hydroxyl groups excluding tert-OH is 1. The molecule has 2 rings (SSSR count). The molecule has 0 atom stereocenters. The molecule has 0 saturated carbocycles. The third-order valence-corrected chi connectivity index (χ3v) is 2.01. The Balaban J connectivity index is 2.76. The van der Waals surface area contributed by atoms with Crippen molar-refractivity contribution in [2.75, 3.05) is 6.61 Å². The number of nitrogens with zero attached hydrogens (tertiary/aromatic N) is 4. The molecule has 0 aromatic carbocycles. The Kier molecular flexibility index (Phi) is 2.01. The van der Waals surface area contributed by atoms with E-state index in [0.717, 1.165) is 4.52 Å². The molecule has 14 heavy (non-hydrogen) atoms. The summed E-state index contributed by atoms with van der Waals surface area (Å²) in [5, 5.41) is 18.3. The number of aromatic amines is 1. The maximum atomic E-state index is 11.7. The fraction of sp³-hybridized carbons (Fsp3) is 0.429. The van der Waals surface area contributed by atoms with Crippen LogP contribution in [0.5, 0.6) is 0 Å². The minimum absolute atomic E-state index is 0.0780. The predicted octanol–water partition coefficient (Wildman–Crippen LogP) is -1.34. The summed E-state index contributed by atoms with van der Waals surface area (Å²) in [5.74, 6) is 0.245. The molecule has 7 heteroatoms. The molecule has 0 aliphatic rings. The normalized spacial score (nSPS) is 11.0. The number of fused-ring (bicyclic) bond motifs is 1. The molecule has 2 aromatic heterocycles. The summed E-state index contributed by atoms with van der Waals surface area (Å²) in [5.41, 5.74) is 0.806. The second-order valence-corrected chi connectivity index (χ2v) is 2.89. The molecule has 0 aliphatic heterocycles. The van der Waals surface area contributed by atoms with Gasteiger partial charge < -0.3 is 5.11 Å². The van der Waals surface area contributed by atoms with Crippen LogP contribution in [0.3, 0.4) is 0 Å². The Bertz CT molecular complexity index is 514. The zero-order valence-electron chi connectivity index (χ0n) is 7.56. The molecule has 0 radical (unpaired) electrons. The van der Waals surface area contributed by atoms with E-state index >= 15 is 0 Å². The first-order valence-electron chi connectivity index (χ1n) is 4.14. The van der Waals surface area contributed by atoms with Gasteiger partial charge in [-0.1, -0.05) is 5.10 Å². The van der Waals surface area contributed by atoms with Crippen molar-refractivity contribution in [1.29, 1.82) is 0 Å². The molecule has 0 saturated heterocycles. The number of aryl methyl sites for hydroxylation is 1. The smallest absolute Gasteiger partial charge is 0.278 e. The molecule has 0 spiro atoms. The van der Waals surface area contributed by atoms with Gasteiger partial charge in [-0.05, 0) is 12.1 Å². The molecule has 0 fully saturated rings. The number of nitrogens with one attached hydrogen (secondary N) is 1. The number of hydrogen-bond acceptors (Lipinski definition) is 5. The second kappa shape index (κ2) is 3.18. The van der Waals surface area contributed by atoms with E-state index in [4.69, 9.17) is 5.11 Å². The van der Waals surface area contributed by atoms with Gasteiger partial charge in [0.2, 0.25) is 0 Å². The van der Waals surface area contributed by atoms with Gasteiger partial charge in [0.1, 0.15) is 0 Å². The van der Waals surface area contributed by atoms with E-state index in [2.05, 4.69) is 20.5 Å². The topological polar surface area (TPSA) is 96.2 Å². The van der Waals surface area contributed by atoms with Gasteiger partial charge in [0.05, 0.1) is 5.69 Å². The quantitative estimate of drug-likeness (QED) is 0.618. The Hall–Kier alpha value is -1.76. The lowest BCUT2D eigenvalue weighted by Crippen LogP contribution is -2.22. The first-order chi connectivity index (χ1) is 6.74. The Morgan fingerprint density at radius 2 is 2.36 bits per heavy atom. The van der Waals surface area contributed by atoms with Gasteiger partial charge in [-0.15, -0.1) is 0 Å². The number of rotatable bonds is 2. The van der Waals surface area contributed by atoms with E-state index in [1.165, 1.54) is 0 Å². The summed E-state index contributed by atoms with van der Waals surface area (Å²) in [6, 6.07) is 0. The zero-order chi connectivity index (χ0) is 10.1. The van der Waals surface area contributed by atoms with Crippen molar-refractivity contribution >= 4 is 5.78 Å². The number of hydrogen-bond donors (Lipinski definition) is 2. The lowest BCUT2D eigenvalue weighted by atomic mass is 10.2. The maximum absolute atomic E-state index is 11.7. The standard InChI is InChI=1S/C7H9N5O2/c1-4-5(2-3-13)6(14)12-7(8-4)9-10-11-12/h13H,2-3H2,1H3,(H,8,9,11). The van der Waals surface area contributed by atoms with Crippen LogP contribution in [0, 0.1) is 6.92 Å². The van der Waals surface area contributed by atoms with Gasteiger partial charge in [-0.25, -0.2) is 4.98 Å². The zero-order valence-corrected chi connectivity index (χ0v) is 7.56. The first kappa shape index (κ1) is 8.82. The van der Waals surface area contributed by atoms with Crippen LogP contribution in [0.15, 0.2) is 4.79 Å². The van der Waals surface area contributed by atoms with Crippen LogP contribution in [-0.2, 0) is 6.42 Å². The first-order valence-corrected chi connectivity index (χ1v) is 4.14. The van der Waals surface area contributed by atoms with Gasteiger partial charge in [0.25, 0.3) is 11.3 Å². The molecule has 2 N–H and O–H groups in total. The number of H-pyrrole nitrogens is 1. The van der Waals surface area contributed by atoms with Crippen LogP contribution in [0.25, 0.3) is 5.78 Å².